The van der Waals surface area contributed by atoms with Crippen LogP contribution in [0, 0.1) is 0 Å². The third kappa shape index (κ3) is 8.87. The van der Waals surface area contributed by atoms with E-state index in [1.807, 2.05) is 24.4 Å². The Morgan fingerprint density at radius 2 is 1.60 bits per heavy atom. The summed E-state index contributed by atoms with van der Waals surface area (Å²) in [5.41, 5.74) is 6.64. The number of nitrogens with zero attached hydrogens (tertiary/aromatic N) is 10. The number of aliphatic hydroxyl groups excluding tert-OH is 1. The molecule has 4 aromatic heterocycles. The largest absolute Gasteiger partial charge is 0.393 e. The summed E-state index contributed by atoms with van der Waals surface area (Å²) < 4.78 is 45.3. The number of hydrogen-bond acceptors (Lipinski definition) is 11. The van der Waals surface area contributed by atoms with E-state index in [0.29, 0.717) is 42.6 Å². The minimum Gasteiger partial charge on any atom is -0.393 e. The van der Waals surface area contributed by atoms with Crippen LogP contribution < -0.4 is 16.3 Å². The average molecular weight is 855 g/mol. The fourth-order valence-electron chi connectivity index (χ4n) is 9.07. The number of aromatic nitrogens is 8. The minimum absolute atomic E-state index is 0.118. The zero-order valence-corrected chi connectivity index (χ0v) is 34.4. The van der Waals surface area contributed by atoms with Gasteiger partial charge in [-0.05, 0) is 60.9 Å². The molecule has 0 spiro atoms. The van der Waals surface area contributed by atoms with E-state index in [2.05, 4.69) is 75.7 Å². The molecule has 2 aliphatic heterocycles. The van der Waals surface area contributed by atoms with E-state index in [-0.39, 0.29) is 49.1 Å². The first kappa shape index (κ1) is 41.4. The monoisotopic (exact) mass is 854 g/mol. The molecular formula is C43H49F3N12O4. The summed E-state index contributed by atoms with van der Waals surface area (Å²) in [5, 5.41) is 24.9. The predicted octanol–water partition coefficient (Wildman–Crippen LogP) is 4.53. The van der Waals surface area contributed by atoms with Crippen LogP contribution in [0.4, 0.5) is 19.1 Å². The molecular weight excluding hydrogens is 806 g/mol. The van der Waals surface area contributed by atoms with Crippen molar-refractivity contribution in [2.45, 2.75) is 88.9 Å². The Bertz CT molecular complexity index is 2650. The Hall–Kier alpha value is -5.92. The number of benzene rings is 2. The molecule has 0 radical (unpaired) electrons. The lowest BCUT2D eigenvalue weighted by atomic mass is 9.93. The fraction of sp³-hybridized carbons (Fsp3) is 0.465. The summed E-state index contributed by atoms with van der Waals surface area (Å²) >= 11 is 0. The van der Waals surface area contributed by atoms with Crippen LogP contribution in [0.2, 0.25) is 0 Å². The van der Waals surface area contributed by atoms with E-state index in [0.717, 1.165) is 73.3 Å². The Kier molecular flexibility index (Phi) is 11.4. The van der Waals surface area contributed by atoms with Crippen molar-refractivity contribution >= 4 is 39.8 Å². The number of rotatable bonds is 12. The Labute approximate surface area is 354 Å². The molecule has 6 aromatic rings. The maximum atomic E-state index is 13.2. The minimum atomic E-state index is -4.27. The van der Waals surface area contributed by atoms with Crippen LogP contribution in [0.25, 0.3) is 33.2 Å². The molecule has 3 N–H and O–H groups in total. The van der Waals surface area contributed by atoms with E-state index >= 15 is 0 Å². The molecule has 0 unspecified atom stereocenters. The first-order valence-corrected chi connectivity index (χ1v) is 21.2. The van der Waals surface area contributed by atoms with Crippen LogP contribution in [-0.4, -0.2) is 110 Å². The molecule has 2 aromatic carbocycles. The second-order valence-electron chi connectivity index (χ2n) is 16.8. The number of halogens is 3. The second-order valence-corrected chi connectivity index (χ2v) is 16.8. The number of imide groups is 1. The lowest BCUT2D eigenvalue weighted by Gasteiger charge is -2.34. The van der Waals surface area contributed by atoms with Crippen LogP contribution in [-0.2, 0) is 36.3 Å². The molecule has 3 fully saturated rings. The molecule has 2 amide bonds. The Morgan fingerprint density at radius 1 is 0.871 bits per heavy atom. The van der Waals surface area contributed by atoms with Gasteiger partial charge < -0.3 is 15.0 Å². The van der Waals surface area contributed by atoms with Crippen molar-refractivity contribution in [3.05, 3.63) is 88.4 Å². The van der Waals surface area contributed by atoms with Gasteiger partial charge in [0.15, 0.2) is 0 Å². The molecule has 6 heterocycles. The number of hydrogen-bond donors (Lipinski definition) is 3. The number of carbonyl (C=O) groups excluding carboxylic acids is 2. The van der Waals surface area contributed by atoms with Gasteiger partial charge in [0.1, 0.15) is 11.7 Å². The van der Waals surface area contributed by atoms with Crippen molar-refractivity contribution in [1.29, 1.82) is 0 Å². The SMILES string of the molecule is Cn1c(=O)n([C@H]2CCC(=O)NC2=O)c2ccc(Cn3cc(CN4CCN(Cc5ccc(-c6cn(C7CCC(O)CC7)c7nc(NCCC(F)(F)F)ncc67)cc5)CC4)nn3)cc21. The van der Waals surface area contributed by atoms with Crippen LogP contribution in [0.1, 0.15) is 73.9 Å². The first-order valence-electron chi connectivity index (χ1n) is 21.2. The van der Waals surface area contributed by atoms with Gasteiger partial charge in [-0.25, -0.2) is 14.5 Å². The summed E-state index contributed by atoms with van der Waals surface area (Å²) in [4.78, 5) is 51.3. The number of aliphatic hydroxyl groups is 1. The highest BCUT2D eigenvalue weighted by Crippen LogP contribution is 2.37. The summed E-state index contributed by atoms with van der Waals surface area (Å²) in [5.74, 6) is -0.627. The molecule has 3 aliphatic rings. The van der Waals surface area contributed by atoms with Gasteiger partial charge in [0.25, 0.3) is 0 Å². The molecule has 1 saturated carbocycles. The third-order valence-corrected chi connectivity index (χ3v) is 12.5. The molecule has 9 rings (SSSR count). The average Bonchev–Trinajstić information content (AvgIpc) is 3.92. The first-order chi connectivity index (χ1) is 29.8. The number of fused-ring (bicyclic) bond motifs is 2. The quantitative estimate of drug-likeness (QED) is 0.148. The number of piperidine rings is 1. The molecule has 16 nitrogen and oxygen atoms in total. The second kappa shape index (κ2) is 17.1. The van der Waals surface area contributed by atoms with Gasteiger partial charge in [0.2, 0.25) is 17.8 Å². The molecule has 19 heteroatoms. The lowest BCUT2D eigenvalue weighted by molar-refractivity contribution is -0.136. The van der Waals surface area contributed by atoms with Crippen molar-refractivity contribution in [3.63, 3.8) is 0 Å². The normalized spacial score (nSPS) is 20.6. The standard InChI is InChI=1S/C43H49F3N12O4/c1-53-37-20-28(4-11-35(37)58(42(53)62)36-12-13-38(60)49-40(36)61)23-56-25-30(51-52-56)24-55-18-16-54(17-19-55)22-27-2-5-29(6-3-27)34-26-57(31-7-9-32(59)10-8-31)39-33(34)21-48-41(50-39)47-15-14-43(44,45)46/h2-6,11,20-21,25-26,31-32,36,59H,7-10,12-19,22-24H2,1H3,(H,47,48,50)(H,49,60,61)/t31?,32?,36-/m0/s1. The number of piperazine rings is 1. The summed E-state index contributed by atoms with van der Waals surface area (Å²) in [6.07, 6.45) is 3.54. The highest BCUT2D eigenvalue weighted by Gasteiger charge is 2.32. The number of carbonyl (C=O) groups is 2. The number of aryl methyl sites for hydroxylation is 1. The van der Waals surface area contributed by atoms with Crippen molar-refractivity contribution in [2.75, 3.05) is 38.0 Å². The van der Waals surface area contributed by atoms with Gasteiger partial charge in [-0.1, -0.05) is 35.5 Å². The Morgan fingerprint density at radius 3 is 2.32 bits per heavy atom. The fourth-order valence-corrected chi connectivity index (χ4v) is 9.07. The molecule has 2 saturated heterocycles. The van der Waals surface area contributed by atoms with Gasteiger partial charge in [0, 0.05) is 88.7 Å². The third-order valence-electron chi connectivity index (χ3n) is 12.5. The van der Waals surface area contributed by atoms with E-state index < -0.39 is 24.5 Å². The van der Waals surface area contributed by atoms with Crippen molar-refractivity contribution < 1.29 is 27.9 Å². The highest BCUT2D eigenvalue weighted by molar-refractivity contribution is 6.00. The van der Waals surface area contributed by atoms with Crippen LogP contribution in [0.15, 0.2) is 65.8 Å². The van der Waals surface area contributed by atoms with Crippen LogP contribution >= 0.6 is 0 Å². The number of nitrogens with one attached hydrogen (secondary N) is 2. The summed E-state index contributed by atoms with van der Waals surface area (Å²) in [7, 11) is 1.68. The number of anilines is 1. The summed E-state index contributed by atoms with van der Waals surface area (Å²) in [6.45, 7) is 5.18. The van der Waals surface area contributed by atoms with Crippen LogP contribution in [0.5, 0.6) is 0 Å². The number of alkyl halides is 3. The number of amides is 2. The van der Waals surface area contributed by atoms with E-state index in [1.165, 1.54) is 14.7 Å². The molecule has 326 valence electrons. The summed E-state index contributed by atoms with van der Waals surface area (Å²) in [6, 6.07) is 13.5. The van der Waals surface area contributed by atoms with Crippen LogP contribution in [0.3, 0.4) is 0 Å². The zero-order valence-electron chi connectivity index (χ0n) is 34.4. The van der Waals surface area contributed by atoms with E-state index in [9.17, 15) is 32.7 Å². The smallest absolute Gasteiger partial charge is 0.390 e. The molecule has 0 bridgehead atoms. The van der Waals surface area contributed by atoms with Gasteiger partial charge in [-0.15, -0.1) is 5.10 Å². The Balaban J connectivity index is 0.801. The number of imidazole rings is 1. The molecule has 62 heavy (non-hydrogen) atoms. The van der Waals surface area contributed by atoms with Crippen molar-refractivity contribution in [3.8, 4) is 11.1 Å². The van der Waals surface area contributed by atoms with Gasteiger partial charge in [-0.2, -0.15) is 18.2 Å². The predicted molar refractivity (Wildman–Crippen MR) is 224 cm³/mol. The topological polar surface area (TPSA) is 173 Å². The van der Waals surface area contributed by atoms with Gasteiger partial charge >= 0.3 is 11.9 Å². The lowest BCUT2D eigenvalue weighted by Crippen LogP contribution is -2.45. The van der Waals surface area contributed by atoms with Crippen molar-refractivity contribution in [1.82, 2.24) is 53.8 Å². The molecule has 1 atom stereocenters. The van der Waals surface area contributed by atoms with Gasteiger partial charge in [-0.3, -0.25) is 33.8 Å². The zero-order chi connectivity index (χ0) is 43.1. The highest BCUT2D eigenvalue weighted by atomic mass is 19.4. The van der Waals surface area contributed by atoms with E-state index in [1.54, 1.807) is 17.9 Å². The van der Waals surface area contributed by atoms with E-state index in [4.69, 9.17) is 0 Å². The van der Waals surface area contributed by atoms with Gasteiger partial charge in [0.05, 0.1) is 42.0 Å². The molecule has 1 aliphatic carbocycles. The maximum Gasteiger partial charge on any atom is 0.390 e. The maximum absolute atomic E-state index is 13.2. The van der Waals surface area contributed by atoms with Crippen molar-refractivity contribution in [2.24, 2.45) is 7.05 Å².